The van der Waals surface area contributed by atoms with Gasteiger partial charge in [-0.2, -0.15) is 5.26 Å². The topological polar surface area (TPSA) is 23.8 Å². The van der Waals surface area contributed by atoms with Crippen LogP contribution >= 0.6 is 0 Å². The van der Waals surface area contributed by atoms with Gasteiger partial charge in [-0.1, -0.05) is 38.0 Å². The molecule has 0 N–H and O–H groups in total. The minimum Gasteiger partial charge on any atom is -0.198 e. The third-order valence-electron chi connectivity index (χ3n) is 4.44. The lowest BCUT2D eigenvalue weighted by Gasteiger charge is -2.34. The van der Waals surface area contributed by atoms with Gasteiger partial charge in [0.05, 0.1) is 11.5 Å². The van der Waals surface area contributed by atoms with Crippen molar-refractivity contribution in [3.05, 3.63) is 34.9 Å². The molecule has 1 aliphatic rings. The van der Waals surface area contributed by atoms with Crippen LogP contribution in [-0.4, -0.2) is 0 Å². The molecule has 1 aliphatic carbocycles. The summed E-state index contributed by atoms with van der Waals surface area (Å²) in [7, 11) is 0. The third-order valence-corrected chi connectivity index (χ3v) is 4.44. The molecule has 1 aromatic rings. The predicted molar refractivity (Wildman–Crippen MR) is 75.3 cm³/mol. The molecule has 1 nitrogen and oxygen atoms in total. The molecular formula is C17H23N. The summed E-state index contributed by atoms with van der Waals surface area (Å²) in [5, 5.41) is 9.59. The molecule has 0 bridgehead atoms. The van der Waals surface area contributed by atoms with Crippen LogP contribution in [0.5, 0.6) is 0 Å². The quantitative estimate of drug-likeness (QED) is 0.744. The van der Waals surface area contributed by atoms with E-state index in [2.05, 4.69) is 45.0 Å². The standard InChI is InChI=1S/C17H23N/c1-13-5-4-8-17(10-13,12-18)11-16-7-6-14(2)15(3)9-16/h6-7,9,13H,4-5,8,10-11H2,1-3H3. The van der Waals surface area contributed by atoms with E-state index in [1.54, 1.807) is 0 Å². The van der Waals surface area contributed by atoms with Crippen molar-refractivity contribution in [1.82, 2.24) is 0 Å². The molecule has 1 saturated carbocycles. The van der Waals surface area contributed by atoms with Crippen LogP contribution < -0.4 is 0 Å². The average molecular weight is 241 g/mol. The number of hydrogen-bond acceptors (Lipinski definition) is 1. The molecule has 2 rings (SSSR count). The number of hydrogen-bond donors (Lipinski definition) is 0. The molecule has 2 unspecified atom stereocenters. The van der Waals surface area contributed by atoms with Gasteiger partial charge in [-0.3, -0.25) is 0 Å². The molecule has 0 saturated heterocycles. The van der Waals surface area contributed by atoms with Gasteiger partial charge in [0.1, 0.15) is 0 Å². The molecule has 0 heterocycles. The van der Waals surface area contributed by atoms with Crippen molar-refractivity contribution < 1.29 is 0 Å². The second-order valence-corrected chi connectivity index (χ2v) is 6.19. The minimum atomic E-state index is -0.112. The Hall–Kier alpha value is -1.29. The van der Waals surface area contributed by atoms with E-state index in [1.807, 2.05) is 0 Å². The summed E-state index contributed by atoms with van der Waals surface area (Å²) in [4.78, 5) is 0. The first kappa shape index (κ1) is 13.1. The van der Waals surface area contributed by atoms with Crippen molar-refractivity contribution in [3.63, 3.8) is 0 Å². The van der Waals surface area contributed by atoms with Gasteiger partial charge < -0.3 is 0 Å². The van der Waals surface area contributed by atoms with Crippen LogP contribution in [0.25, 0.3) is 0 Å². The lowest BCUT2D eigenvalue weighted by atomic mass is 9.68. The van der Waals surface area contributed by atoms with Crippen molar-refractivity contribution in [2.75, 3.05) is 0 Å². The highest BCUT2D eigenvalue weighted by Gasteiger charge is 2.35. The number of aryl methyl sites for hydroxylation is 2. The molecule has 2 atom stereocenters. The summed E-state index contributed by atoms with van der Waals surface area (Å²) in [6.07, 6.45) is 5.56. The second kappa shape index (κ2) is 5.14. The van der Waals surface area contributed by atoms with Crippen LogP contribution in [0.4, 0.5) is 0 Å². The Morgan fingerprint density at radius 2 is 2.11 bits per heavy atom. The Bertz CT molecular complexity index is 469. The summed E-state index contributed by atoms with van der Waals surface area (Å²) in [5.41, 5.74) is 3.89. The molecule has 96 valence electrons. The molecule has 0 aliphatic heterocycles. The van der Waals surface area contributed by atoms with Gasteiger partial charge in [0.2, 0.25) is 0 Å². The molecule has 1 heteroatoms. The Morgan fingerprint density at radius 1 is 1.33 bits per heavy atom. The molecule has 1 fully saturated rings. The molecule has 0 aromatic heterocycles. The van der Waals surface area contributed by atoms with E-state index in [0.29, 0.717) is 5.92 Å². The smallest absolute Gasteiger partial charge is 0.0693 e. The maximum absolute atomic E-state index is 9.59. The van der Waals surface area contributed by atoms with Crippen molar-refractivity contribution in [3.8, 4) is 6.07 Å². The monoisotopic (exact) mass is 241 g/mol. The first-order valence-corrected chi connectivity index (χ1v) is 7.02. The average Bonchev–Trinajstić information content (AvgIpc) is 2.34. The van der Waals surface area contributed by atoms with E-state index >= 15 is 0 Å². The van der Waals surface area contributed by atoms with Crippen molar-refractivity contribution in [2.45, 2.75) is 52.9 Å². The van der Waals surface area contributed by atoms with E-state index in [0.717, 1.165) is 19.3 Å². The molecular weight excluding hydrogens is 218 g/mol. The number of nitrogens with zero attached hydrogens (tertiary/aromatic N) is 1. The van der Waals surface area contributed by atoms with E-state index in [4.69, 9.17) is 0 Å². The molecule has 0 radical (unpaired) electrons. The van der Waals surface area contributed by atoms with Gasteiger partial charge in [-0.15, -0.1) is 0 Å². The highest BCUT2D eigenvalue weighted by atomic mass is 14.4. The van der Waals surface area contributed by atoms with Crippen molar-refractivity contribution in [1.29, 1.82) is 5.26 Å². The summed E-state index contributed by atoms with van der Waals surface area (Å²) < 4.78 is 0. The van der Waals surface area contributed by atoms with Crippen LogP contribution in [0, 0.1) is 36.5 Å². The minimum absolute atomic E-state index is 0.112. The number of nitriles is 1. The van der Waals surface area contributed by atoms with Crippen LogP contribution in [-0.2, 0) is 6.42 Å². The molecule has 1 aromatic carbocycles. The van der Waals surface area contributed by atoms with Gasteiger partial charge >= 0.3 is 0 Å². The van der Waals surface area contributed by atoms with E-state index in [1.165, 1.54) is 29.5 Å². The number of rotatable bonds is 2. The van der Waals surface area contributed by atoms with E-state index < -0.39 is 0 Å². The van der Waals surface area contributed by atoms with Gasteiger partial charge in [0.25, 0.3) is 0 Å². The zero-order valence-corrected chi connectivity index (χ0v) is 11.8. The Kier molecular flexibility index (Phi) is 3.76. The summed E-state index contributed by atoms with van der Waals surface area (Å²) >= 11 is 0. The first-order valence-electron chi connectivity index (χ1n) is 7.02. The predicted octanol–water partition coefficient (Wildman–Crippen LogP) is 4.57. The summed E-state index contributed by atoms with van der Waals surface area (Å²) in [6.45, 7) is 6.58. The van der Waals surface area contributed by atoms with Crippen molar-refractivity contribution in [2.24, 2.45) is 11.3 Å². The van der Waals surface area contributed by atoms with Gasteiger partial charge in [0, 0.05) is 0 Å². The molecule has 0 spiro atoms. The van der Waals surface area contributed by atoms with E-state index in [-0.39, 0.29) is 5.41 Å². The maximum atomic E-state index is 9.59. The van der Waals surface area contributed by atoms with Crippen LogP contribution in [0.2, 0.25) is 0 Å². The fourth-order valence-electron chi connectivity index (χ4n) is 3.27. The Balaban J connectivity index is 2.20. The van der Waals surface area contributed by atoms with Crippen LogP contribution in [0.3, 0.4) is 0 Å². The SMILES string of the molecule is Cc1ccc(CC2(C#N)CCCC(C)C2)cc1C. The summed E-state index contributed by atoms with van der Waals surface area (Å²) in [5.74, 6) is 0.699. The second-order valence-electron chi connectivity index (χ2n) is 6.19. The first-order chi connectivity index (χ1) is 8.54. The Labute approximate surface area is 111 Å². The highest BCUT2D eigenvalue weighted by molar-refractivity contribution is 5.31. The van der Waals surface area contributed by atoms with Gasteiger partial charge in [-0.05, 0) is 55.7 Å². The normalized spacial score (nSPS) is 27.8. The van der Waals surface area contributed by atoms with Crippen molar-refractivity contribution >= 4 is 0 Å². The number of benzene rings is 1. The Morgan fingerprint density at radius 3 is 2.72 bits per heavy atom. The zero-order valence-electron chi connectivity index (χ0n) is 11.8. The summed E-state index contributed by atoms with van der Waals surface area (Å²) in [6, 6.07) is 9.27. The lowest BCUT2D eigenvalue weighted by molar-refractivity contribution is 0.209. The largest absolute Gasteiger partial charge is 0.198 e. The van der Waals surface area contributed by atoms with Gasteiger partial charge in [0.15, 0.2) is 0 Å². The van der Waals surface area contributed by atoms with E-state index in [9.17, 15) is 5.26 Å². The lowest BCUT2D eigenvalue weighted by Crippen LogP contribution is -2.28. The van der Waals surface area contributed by atoms with Gasteiger partial charge in [-0.25, -0.2) is 0 Å². The zero-order chi connectivity index (χ0) is 13.2. The third kappa shape index (κ3) is 2.75. The molecule has 18 heavy (non-hydrogen) atoms. The molecule has 0 amide bonds. The fourth-order valence-corrected chi connectivity index (χ4v) is 3.27. The van der Waals surface area contributed by atoms with Crippen LogP contribution in [0.15, 0.2) is 18.2 Å². The maximum Gasteiger partial charge on any atom is 0.0693 e. The highest BCUT2D eigenvalue weighted by Crippen LogP contribution is 2.41. The van der Waals surface area contributed by atoms with Crippen LogP contribution in [0.1, 0.15) is 49.3 Å². The fraction of sp³-hybridized carbons (Fsp3) is 0.588.